The first-order valence-corrected chi connectivity index (χ1v) is 5.05. The maximum atomic E-state index is 13.5. The number of rotatable bonds is 1. The summed E-state index contributed by atoms with van der Waals surface area (Å²) in [5.74, 6) is -4.57. The minimum absolute atomic E-state index is 0.108. The second-order valence-corrected chi connectivity index (χ2v) is 4.81. The molecule has 1 saturated carbocycles. The highest BCUT2D eigenvalue weighted by Gasteiger charge is 2.78. The molecule has 1 heterocycles. The lowest BCUT2D eigenvalue weighted by atomic mass is 9.88. The van der Waals surface area contributed by atoms with Gasteiger partial charge in [-0.25, -0.2) is 13.6 Å². The summed E-state index contributed by atoms with van der Waals surface area (Å²) in [4.78, 5) is 10.8. The van der Waals surface area contributed by atoms with Crippen LogP contribution >= 0.6 is 0 Å². The number of aromatic carboxylic acids is 1. The Morgan fingerprint density at radius 1 is 1.62 bits per heavy atom. The van der Waals surface area contributed by atoms with E-state index in [1.165, 1.54) is 0 Å². The van der Waals surface area contributed by atoms with E-state index in [0.29, 0.717) is 11.3 Å². The predicted molar refractivity (Wildman–Crippen MR) is 49.5 cm³/mol. The van der Waals surface area contributed by atoms with Gasteiger partial charge in [0.25, 0.3) is 5.92 Å². The fourth-order valence-electron chi connectivity index (χ4n) is 2.78. The zero-order valence-corrected chi connectivity index (χ0v) is 8.55. The van der Waals surface area contributed by atoms with E-state index in [-0.39, 0.29) is 18.5 Å². The first-order chi connectivity index (χ1) is 7.38. The van der Waals surface area contributed by atoms with Crippen LogP contribution < -0.4 is 0 Å². The van der Waals surface area contributed by atoms with Gasteiger partial charge in [-0.2, -0.15) is 5.10 Å². The molecule has 2 atom stereocenters. The summed E-state index contributed by atoms with van der Waals surface area (Å²) in [7, 11) is 0. The molecule has 6 heteroatoms. The number of carboxylic acid groups (broad SMARTS) is 1. The molecule has 86 valence electrons. The molecule has 1 unspecified atom stereocenters. The predicted octanol–water partition coefficient (Wildman–Crippen LogP) is 1.48. The number of hydrogen-bond donors (Lipinski definition) is 2. The van der Waals surface area contributed by atoms with Crippen LogP contribution in [0.1, 0.15) is 28.7 Å². The maximum absolute atomic E-state index is 13.5. The lowest BCUT2D eigenvalue weighted by molar-refractivity contribution is 0.0627. The van der Waals surface area contributed by atoms with Crippen molar-refractivity contribution in [2.24, 2.45) is 11.3 Å². The van der Waals surface area contributed by atoms with Crippen LogP contribution in [-0.2, 0) is 12.8 Å². The van der Waals surface area contributed by atoms with E-state index in [4.69, 9.17) is 5.11 Å². The van der Waals surface area contributed by atoms with E-state index in [2.05, 4.69) is 10.2 Å². The van der Waals surface area contributed by atoms with Crippen molar-refractivity contribution in [3.8, 4) is 0 Å². The van der Waals surface area contributed by atoms with Gasteiger partial charge in [0.1, 0.15) is 0 Å². The largest absolute Gasteiger partial charge is 0.476 e. The summed E-state index contributed by atoms with van der Waals surface area (Å²) in [6.45, 7) is 1.54. The number of carboxylic acids is 1. The van der Waals surface area contributed by atoms with Gasteiger partial charge in [0.2, 0.25) is 0 Å². The van der Waals surface area contributed by atoms with Crippen molar-refractivity contribution in [2.75, 3.05) is 0 Å². The Kier molecular flexibility index (Phi) is 1.49. The van der Waals surface area contributed by atoms with Crippen LogP contribution in [0.25, 0.3) is 0 Å². The number of halogens is 2. The van der Waals surface area contributed by atoms with E-state index in [1.54, 1.807) is 6.92 Å². The molecule has 1 fully saturated rings. The van der Waals surface area contributed by atoms with Crippen LogP contribution in [0.15, 0.2) is 0 Å². The normalized spacial score (nSPS) is 34.1. The highest BCUT2D eigenvalue weighted by atomic mass is 19.3. The third-order valence-electron chi connectivity index (χ3n) is 3.99. The summed E-state index contributed by atoms with van der Waals surface area (Å²) < 4.78 is 27.0. The third-order valence-corrected chi connectivity index (χ3v) is 3.99. The van der Waals surface area contributed by atoms with Crippen molar-refractivity contribution in [3.05, 3.63) is 17.0 Å². The number of nitrogens with one attached hydrogen (secondary N) is 1. The first kappa shape index (κ1) is 9.74. The minimum Gasteiger partial charge on any atom is -0.476 e. The Morgan fingerprint density at radius 2 is 2.31 bits per heavy atom. The number of H-pyrrole nitrogens is 1. The van der Waals surface area contributed by atoms with Crippen molar-refractivity contribution in [2.45, 2.75) is 25.7 Å². The molecule has 0 amide bonds. The molecule has 0 bridgehead atoms. The molecule has 4 nitrogen and oxygen atoms in total. The van der Waals surface area contributed by atoms with Gasteiger partial charge in [0, 0.05) is 29.0 Å². The molecule has 0 saturated heterocycles. The van der Waals surface area contributed by atoms with Gasteiger partial charge < -0.3 is 5.11 Å². The lowest BCUT2D eigenvalue weighted by Crippen LogP contribution is -2.15. The molecule has 0 aliphatic heterocycles. The second kappa shape index (κ2) is 2.44. The molecule has 16 heavy (non-hydrogen) atoms. The van der Waals surface area contributed by atoms with Crippen LogP contribution in [0.3, 0.4) is 0 Å². The van der Waals surface area contributed by atoms with Crippen LogP contribution in [0, 0.1) is 11.3 Å². The Morgan fingerprint density at radius 3 is 2.94 bits per heavy atom. The molecule has 3 rings (SSSR count). The van der Waals surface area contributed by atoms with Crippen molar-refractivity contribution in [3.63, 3.8) is 0 Å². The van der Waals surface area contributed by atoms with E-state index in [0.717, 1.165) is 0 Å². The fraction of sp³-hybridized carbons (Fsp3) is 0.600. The number of nitrogens with zero attached hydrogens (tertiary/aromatic N) is 1. The molecule has 1 aromatic rings. The highest BCUT2D eigenvalue weighted by Crippen LogP contribution is 2.70. The Hall–Kier alpha value is -1.46. The van der Waals surface area contributed by atoms with Crippen LogP contribution in [-0.4, -0.2) is 27.2 Å². The Labute approximate surface area is 89.7 Å². The van der Waals surface area contributed by atoms with Gasteiger partial charge in [-0.3, -0.25) is 5.10 Å². The van der Waals surface area contributed by atoms with Crippen molar-refractivity contribution in [1.82, 2.24) is 10.2 Å². The van der Waals surface area contributed by atoms with Gasteiger partial charge in [-0.05, 0) is 6.42 Å². The average Bonchev–Trinajstić information content (AvgIpc) is 2.55. The van der Waals surface area contributed by atoms with Crippen LogP contribution in [0.2, 0.25) is 0 Å². The third kappa shape index (κ3) is 0.881. The molecule has 0 radical (unpaired) electrons. The van der Waals surface area contributed by atoms with Crippen molar-refractivity contribution < 1.29 is 18.7 Å². The summed E-state index contributed by atoms with van der Waals surface area (Å²) in [5, 5.41) is 15.1. The Bertz CT molecular complexity index is 497. The summed E-state index contributed by atoms with van der Waals surface area (Å²) >= 11 is 0. The van der Waals surface area contributed by atoms with Crippen LogP contribution in [0.5, 0.6) is 0 Å². The van der Waals surface area contributed by atoms with Crippen molar-refractivity contribution >= 4 is 5.97 Å². The molecule has 2 aliphatic rings. The SMILES string of the molecule is C[C@@]12Cc3[nH]nc(C(=O)O)c3CC1C2(F)F. The number of aromatic nitrogens is 2. The lowest BCUT2D eigenvalue weighted by Gasteiger charge is -2.14. The summed E-state index contributed by atoms with van der Waals surface area (Å²) in [6, 6.07) is 0. The minimum atomic E-state index is -2.68. The monoisotopic (exact) mass is 228 g/mol. The van der Waals surface area contributed by atoms with E-state index < -0.39 is 23.2 Å². The van der Waals surface area contributed by atoms with Gasteiger partial charge in [-0.15, -0.1) is 0 Å². The van der Waals surface area contributed by atoms with Crippen LogP contribution in [0.4, 0.5) is 8.78 Å². The van der Waals surface area contributed by atoms with E-state index >= 15 is 0 Å². The summed E-state index contributed by atoms with van der Waals surface area (Å²) in [5.41, 5.74) is -0.123. The van der Waals surface area contributed by atoms with Gasteiger partial charge >= 0.3 is 5.97 Å². The van der Waals surface area contributed by atoms with Gasteiger partial charge in [0.05, 0.1) is 0 Å². The number of hydrogen-bond acceptors (Lipinski definition) is 2. The molecule has 2 aliphatic carbocycles. The number of carbonyl (C=O) groups is 1. The van der Waals surface area contributed by atoms with Crippen molar-refractivity contribution in [1.29, 1.82) is 0 Å². The number of fused-ring (bicyclic) bond motifs is 2. The average molecular weight is 228 g/mol. The molecular formula is C10H10F2N2O2. The molecular weight excluding hydrogens is 218 g/mol. The Balaban J connectivity index is 2.04. The zero-order chi connectivity index (χ0) is 11.7. The van der Waals surface area contributed by atoms with Gasteiger partial charge in [-0.1, -0.05) is 6.92 Å². The molecule has 2 N–H and O–H groups in total. The zero-order valence-electron chi connectivity index (χ0n) is 8.55. The maximum Gasteiger partial charge on any atom is 0.356 e. The summed E-state index contributed by atoms with van der Waals surface area (Å²) in [6.07, 6.45) is 0.289. The number of aromatic amines is 1. The second-order valence-electron chi connectivity index (χ2n) is 4.81. The molecule has 1 aromatic heterocycles. The smallest absolute Gasteiger partial charge is 0.356 e. The van der Waals surface area contributed by atoms with E-state index in [9.17, 15) is 13.6 Å². The molecule has 0 spiro atoms. The topological polar surface area (TPSA) is 66.0 Å². The van der Waals surface area contributed by atoms with Gasteiger partial charge in [0.15, 0.2) is 5.69 Å². The fourth-order valence-corrected chi connectivity index (χ4v) is 2.78. The van der Waals surface area contributed by atoms with E-state index in [1.807, 2.05) is 0 Å². The number of alkyl halides is 2. The molecule has 0 aromatic carbocycles. The first-order valence-electron chi connectivity index (χ1n) is 5.05. The quantitative estimate of drug-likeness (QED) is 0.765. The highest BCUT2D eigenvalue weighted by molar-refractivity contribution is 5.87. The standard InChI is InChI=1S/C10H10F2N2O2/c1-9-3-5-4(2-6(9)10(9,11)12)7(8(15)16)14-13-5/h6H,2-3H2,1H3,(H,13,14)(H,15,16)/t6?,9-/m1/s1.